The van der Waals surface area contributed by atoms with E-state index in [0.717, 1.165) is 59.2 Å². The summed E-state index contributed by atoms with van der Waals surface area (Å²) in [7, 11) is 3.37. The highest BCUT2D eigenvalue weighted by molar-refractivity contribution is 6.06. The van der Waals surface area contributed by atoms with Crippen LogP contribution in [0.5, 0.6) is 11.5 Å². The molecule has 1 aliphatic heterocycles. The Kier molecular flexibility index (Phi) is 5.12. The maximum atomic E-state index is 12.3. The molecule has 0 spiro atoms. The molecule has 1 aliphatic rings. The molecule has 0 saturated carbocycles. The average molecular weight is 416 g/mol. The van der Waals surface area contributed by atoms with E-state index >= 15 is 0 Å². The van der Waals surface area contributed by atoms with E-state index in [4.69, 9.17) is 13.9 Å². The fourth-order valence-electron chi connectivity index (χ4n) is 5.01. The summed E-state index contributed by atoms with van der Waals surface area (Å²) in [6.45, 7) is 1.81. The minimum Gasteiger partial charge on any atom is -0.497 e. The highest BCUT2D eigenvalue weighted by Gasteiger charge is 2.33. The lowest BCUT2D eigenvalue weighted by Crippen LogP contribution is -3.08. The van der Waals surface area contributed by atoms with Crippen LogP contribution in [0.4, 0.5) is 0 Å². The first-order valence-corrected chi connectivity index (χ1v) is 10.7. The van der Waals surface area contributed by atoms with Gasteiger partial charge in [0.2, 0.25) is 0 Å². The van der Waals surface area contributed by atoms with Gasteiger partial charge in [-0.15, -0.1) is 0 Å². The maximum Gasteiger partial charge on any atom is 0.336 e. The van der Waals surface area contributed by atoms with Gasteiger partial charge in [0.05, 0.1) is 26.3 Å². The van der Waals surface area contributed by atoms with Gasteiger partial charge in [-0.1, -0.05) is 30.3 Å². The molecule has 0 radical (unpaired) electrons. The Morgan fingerprint density at radius 3 is 2.74 bits per heavy atom. The van der Waals surface area contributed by atoms with Crippen molar-refractivity contribution in [2.24, 2.45) is 0 Å². The zero-order chi connectivity index (χ0) is 21.4. The third-order valence-corrected chi connectivity index (χ3v) is 6.43. The van der Waals surface area contributed by atoms with Crippen molar-refractivity contribution < 1.29 is 18.8 Å². The van der Waals surface area contributed by atoms with E-state index in [0.29, 0.717) is 11.6 Å². The van der Waals surface area contributed by atoms with Crippen molar-refractivity contribution in [3.63, 3.8) is 0 Å². The van der Waals surface area contributed by atoms with Gasteiger partial charge in [0.25, 0.3) is 0 Å². The molecule has 0 aliphatic carbocycles. The largest absolute Gasteiger partial charge is 0.497 e. The second kappa shape index (κ2) is 8.08. The van der Waals surface area contributed by atoms with Crippen molar-refractivity contribution in [3.8, 4) is 11.5 Å². The van der Waals surface area contributed by atoms with Gasteiger partial charge in [0, 0.05) is 35.9 Å². The Morgan fingerprint density at radius 2 is 1.90 bits per heavy atom. The van der Waals surface area contributed by atoms with Crippen LogP contribution in [0, 0.1) is 0 Å². The summed E-state index contributed by atoms with van der Waals surface area (Å²) >= 11 is 0. The fourth-order valence-corrected chi connectivity index (χ4v) is 5.01. The van der Waals surface area contributed by atoms with Gasteiger partial charge in [0.1, 0.15) is 29.7 Å². The van der Waals surface area contributed by atoms with Crippen molar-refractivity contribution >= 4 is 21.7 Å². The van der Waals surface area contributed by atoms with Gasteiger partial charge >= 0.3 is 5.63 Å². The molecule has 158 valence electrons. The van der Waals surface area contributed by atoms with Crippen LogP contribution in [0.15, 0.2) is 69.9 Å². The number of hydrogen-bond donors (Lipinski definition) is 1. The molecule has 1 N–H and O–H groups in total. The molecular formula is C26H26NO4+. The first-order chi connectivity index (χ1) is 15.2. The molecule has 5 nitrogen and oxygen atoms in total. The van der Waals surface area contributed by atoms with Crippen LogP contribution in [0.3, 0.4) is 0 Å². The number of fused-ring (bicyclic) bond motifs is 3. The summed E-state index contributed by atoms with van der Waals surface area (Å²) in [5.41, 5.74) is 2.58. The molecular weight excluding hydrogens is 390 g/mol. The monoisotopic (exact) mass is 416 g/mol. The van der Waals surface area contributed by atoms with Crippen LogP contribution in [0.1, 0.15) is 30.0 Å². The molecule has 0 bridgehead atoms. The zero-order valence-electron chi connectivity index (χ0n) is 17.8. The predicted molar refractivity (Wildman–Crippen MR) is 121 cm³/mol. The number of methoxy groups -OCH3 is 2. The number of nitrogens with one attached hydrogen (secondary N) is 1. The van der Waals surface area contributed by atoms with Crippen molar-refractivity contribution in [2.75, 3.05) is 20.8 Å². The van der Waals surface area contributed by atoms with Crippen molar-refractivity contribution in [1.82, 2.24) is 0 Å². The molecule has 1 unspecified atom stereocenters. The average Bonchev–Trinajstić information content (AvgIpc) is 3.25. The number of rotatable bonds is 5. The second-order valence-corrected chi connectivity index (χ2v) is 8.14. The first-order valence-electron chi connectivity index (χ1n) is 10.7. The van der Waals surface area contributed by atoms with E-state index in [2.05, 4.69) is 18.2 Å². The summed E-state index contributed by atoms with van der Waals surface area (Å²) < 4.78 is 16.6. The summed E-state index contributed by atoms with van der Waals surface area (Å²) in [6, 6.07) is 20.2. The van der Waals surface area contributed by atoms with E-state index < -0.39 is 0 Å². The van der Waals surface area contributed by atoms with E-state index in [1.165, 1.54) is 10.5 Å². The normalized spacial score (nSPS) is 18.5. The van der Waals surface area contributed by atoms with Gasteiger partial charge in [-0.3, -0.25) is 0 Å². The minimum absolute atomic E-state index is 0.296. The molecule has 0 amide bonds. The number of hydrogen-bond acceptors (Lipinski definition) is 4. The summed E-state index contributed by atoms with van der Waals surface area (Å²) in [5.74, 6) is 1.64. The van der Waals surface area contributed by atoms with Crippen molar-refractivity contribution in [1.29, 1.82) is 0 Å². The number of benzene rings is 3. The van der Waals surface area contributed by atoms with Gasteiger partial charge in [-0.25, -0.2) is 4.79 Å². The molecule has 2 atom stereocenters. The van der Waals surface area contributed by atoms with Crippen LogP contribution in [-0.4, -0.2) is 20.8 Å². The number of quaternary nitrogens is 1. The molecule has 31 heavy (non-hydrogen) atoms. The van der Waals surface area contributed by atoms with Crippen molar-refractivity contribution in [3.05, 3.63) is 82.2 Å². The molecule has 1 fully saturated rings. The Bertz CT molecular complexity index is 1310. The van der Waals surface area contributed by atoms with Crippen LogP contribution in [-0.2, 0) is 6.54 Å². The predicted octanol–water partition coefficient (Wildman–Crippen LogP) is 3.88. The Hall–Kier alpha value is -3.31. The van der Waals surface area contributed by atoms with E-state index in [9.17, 15) is 4.79 Å². The fraction of sp³-hybridized carbons (Fsp3) is 0.269. The number of ether oxygens (including phenoxy) is 2. The van der Waals surface area contributed by atoms with Gasteiger partial charge < -0.3 is 18.8 Å². The highest BCUT2D eigenvalue weighted by Crippen LogP contribution is 2.32. The van der Waals surface area contributed by atoms with E-state index in [-0.39, 0.29) is 5.63 Å². The Balaban J connectivity index is 1.58. The smallest absolute Gasteiger partial charge is 0.336 e. The van der Waals surface area contributed by atoms with Crippen molar-refractivity contribution in [2.45, 2.75) is 25.4 Å². The molecule has 5 rings (SSSR count). The van der Waals surface area contributed by atoms with Crippen LogP contribution in [0.25, 0.3) is 21.7 Å². The molecule has 5 heteroatoms. The van der Waals surface area contributed by atoms with E-state index in [1.54, 1.807) is 20.3 Å². The quantitative estimate of drug-likeness (QED) is 0.396. The SMILES string of the molecule is COc1ccc([C@@H]2CCC[NH+]2Cc2cc(=O)oc3ccc4ccccc4c23)c(OC)c1. The zero-order valence-corrected chi connectivity index (χ0v) is 17.8. The maximum absolute atomic E-state index is 12.3. The summed E-state index contributed by atoms with van der Waals surface area (Å²) in [5, 5.41) is 3.31. The van der Waals surface area contributed by atoms with Gasteiger partial charge in [-0.2, -0.15) is 0 Å². The molecule has 4 aromatic rings. The van der Waals surface area contributed by atoms with E-state index in [1.807, 2.05) is 36.4 Å². The molecule has 1 saturated heterocycles. The standard InChI is InChI=1S/C26H25NO4/c1-29-19-10-11-21(24(15-19)30-2)22-8-5-13-27(22)16-18-14-25(28)31-23-12-9-17-6-3-4-7-20(17)26(18)23/h3-4,6-7,9-12,14-15,22H,5,8,13,16H2,1-2H3/p+1/t22-/m0/s1. The molecule has 1 aromatic heterocycles. The molecule has 3 aromatic carbocycles. The van der Waals surface area contributed by atoms with Gasteiger partial charge in [-0.05, 0) is 29.0 Å². The number of likely N-dealkylation sites (tertiary alicyclic amines) is 1. The van der Waals surface area contributed by atoms with Crippen LogP contribution < -0.4 is 20.0 Å². The highest BCUT2D eigenvalue weighted by atomic mass is 16.5. The topological polar surface area (TPSA) is 53.1 Å². The lowest BCUT2D eigenvalue weighted by atomic mass is 10.00. The van der Waals surface area contributed by atoms with Crippen LogP contribution >= 0.6 is 0 Å². The summed E-state index contributed by atoms with van der Waals surface area (Å²) in [4.78, 5) is 13.8. The van der Waals surface area contributed by atoms with Gasteiger partial charge in [0.15, 0.2) is 0 Å². The van der Waals surface area contributed by atoms with Crippen LogP contribution in [0.2, 0.25) is 0 Å². The third-order valence-electron chi connectivity index (χ3n) is 6.43. The lowest BCUT2D eigenvalue weighted by molar-refractivity contribution is -0.931. The Labute approximate surface area is 180 Å². The third kappa shape index (κ3) is 3.55. The first kappa shape index (κ1) is 19.6. The summed E-state index contributed by atoms with van der Waals surface area (Å²) in [6.07, 6.45) is 2.22. The minimum atomic E-state index is -0.296. The lowest BCUT2D eigenvalue weighted by Gasteiger charge is -2.24. The molecule has 2 heterocycles. The second-order valence-electron chi connectivity index (χ2n) is 8.14. The Morgan fingerprint density at radius 1 is 1.03 bits per heavy atom.